The van der Waals surface area contributed by atoms with Crippen LogP contribution < -0.4 is 0 Å². The molecule has 0 radical (unpaired) electrons. The molecule has 1 rings (SSSR count). The predicted molar refractivity (Wildman–Crippen MR) is 73.3 cm³/mol. The van der Waals surface area contributed by atoms with E-state index in [1.807, 2.05) is 25.1 Å². The van der Waals surface area contributed by atoms with Crippen molar-refractivity contribution in [2.24, 2.45) is 11.3 Å². The highest BCUT2D eigenvalue weighted by molar-refractivity contribution is 5.44. The average Bonchev–Trinajstić information content (AvgIpc) is 2.29. The van der Waals surface area contributed by atoms with Crippen molar-refractivity contribution in [1.29, 1.82) is 10.5 Å². The maximum absolute atomic E-state index is 8.81. The normalized spacial score (nSPS) is 21.9. The summed E-state index contributed by atoms with van der Waals surface area (Å²) in [6.07, 6.45) is 8.64. The summed E-state index contributed by atoms with van der Waals surface area (Å²) >= 11 is 0. The van der Waals surface area contributed by atoms with Gasteiger partial charge in [0.05, 0.1) is 0 Å². The van der Waals surface area contributed by atoms with Gasteiger partial charge in [-0.15, -0.1) is 0 Å². The molecule has 0 aromatic heterocycles. The third-order valence-electron chi connectivity index (χ3n) is 3.74. The van der Waals surface area contributed by atoms with E-state index in [2.05, 4.69) is 32.9 Å². The molecule has 0 fully saturated rings. The van der Waals surface area contributed by atoms with Crippen LogP contribution in [0.15, 0.2) is 34.9 Å². The fourth-order valence-electron chi connectivity index (χ4n) is 2.51. The molecule has 1 aliphatic carbocycles. The minimum Gasteiger partial charge on any atom is -0.192 e. The molecule has 94 valence electrons. The molecule has 2 nitrogen and oxygen atoms in total. The number of allylic oxidation sites excluding steroid dienone is 6. The first kappa shape index (κ1) is 14.3. The summed E-state index contributed by atoms with van der Waals surface area (Å²) in [6.45, 7) is 8.51. The molecule has 0 spiro atoms. The lowest BCUT2D eigenvalue weighted by Crippen LogP contribution is -2.26. The predicted octanol–water partition coefficient (Wildman–Crippen LogP) is 4.29. The summed E-state index contributed by atoms with van der Waals surface area (Å²) in [5.41, 5.74) is 2.57. The Morgan fingerprint density at radius 2 is 2.00 bits per heavy atom. The molecular formula is C16H20N2. The van der Waals surface area contributed by atoms with Gasteiger partial charge in [-0.1, -0.05) is 37.6 Å². The molecule has 0 aliphatic heterocycles. The van der Waals surface area contributed by atoms with E-state index in [1.54, 1.807) is 0 Å². The summed E-state index contributed by atoms with van der Waals surface area (Å²) < 4.78 is 0. The van der Waals surface area contributed by atoms with E-state index in [1.165, 1.54) is 12.0 Å². The highest BCUT2D eigenvalue weighted by atomic mass is 14.4. The second-order valence-corrected chi connectivity index (χ2v) is 5.59. The van der Waals surface area contributed by atoms with Gasteiger partial charge in [0.1, 0.15) is 17.7 Å². The number of nitrogens with zero attached hydrogens (tertiary/aromatic N) is 2. The summed E-state index contributed by atoms with van der Waals surface area (Å²) in [6, 6.07) is 3.85. The molecule has 0 heterocycles. The van der Waals surface area contributed by atoms with Crippen molar-refractivity contribution in [3.63, 3.8) is 0 Å². The first-order valence-corrected chi connectivity index (χ1v) is 6.28. The molecule has 18 heavy (non-hydrogen) atoms. The second kappa shape index (κ2) is 5.69. The van der Waals surface area contributed by atoms with Crippen molar-refractivity contribution >= 4 is 0 Å². The van der Waals surface area contributed by atoms with Gasteiger partial charge in [-0.05, 0) is 37.7 Å². The minimum atomic E-state index is 0.196. The van der Waals surface area contributed by atoms with Crippen LogP contribution in [0.4, 0.5) is 0 Å². The molecule has 0 amide bonds. The van der Waals surface area contributed by atoms with Gasteiger partial charge in [0.15, 0.2) is 0 Å². The number of hydrogen-bond acceptors (Lipinski definition) is 2. The van der Waals surface area contributed by atoms with Crippen molar-refractivity contribution in [1.82, 2.24) is 0 Å². The van der Waals surface area contributed by atoms with Crippen LogP contribution in [0, 0.1) is 34.0 Å². The van der Waals surface area contributed by atoms with Gasteiger partial charge in [-0.25, -0.2) is 0 Å². The van der Waals surface area contributed by atoms with Crippen LogP contribution in [0.3, 0.4) is 0 Å². The van der Waals surface area contributed by atoms with Crippen LogP contribution in [-0.4, -0.2) is 0 Å². The van der Waals surface area contributed by atoms with Crippen molar-refractivity contribution in [2.75, 3.05) is 0 Å². The standard InChI is InChI=1S/C16H20N2/c1-12(14(10-17)11-18)7-8-15-13(2)6-5-9-16(15,3)4/h6-8,15H,5,9H2,1-4H3/b8-7+. The van der Waals surface area contributed by atoms with Crippen LogP contribution in [-0.2, 0) is 0 Å². The lowest BCUT2D eigenvalue weighted by molar-refractivity contribution is 0.255. The maximum atomic E-state index is 8.81. The largest absolute Gasteiger partial charge is 0.192 e. The van der Waals surface area contributed by atoms with Crippen LogP contribution in [0.1, 0.15) is 40.5 Å². The Balaban J connectivity index is 3.01. The van der Waals surface area contributed by atoms with E-state index in [-0.39, 0.29) is 11.0 Å². The van der Waals surface area contributed by atoms with Crippen LogP contribution in [0.25, 0.3) is 0 Å². The molecular weight excluding hydrogens is 220 g/mol. The molecule has 0 bridgehead atoms. The van der Waals surface area contributed by atoms with Crippen molar-refractivity contribution in [3.8, 4) is 12.1 Å². The van der Waals surface area contributed by atoms with Crippen LogP contribution >= 0.6 is 0 Å². The lowest BCUT2D eigenvalue weighted by atomic mass is 9.68. The molecule has 2 heteroatoms. The molecule has 1 aliphatic rings. The zero-order chi connectivity index (χ0) is 13.8. The third-order valence-corrected chi connectivity index (χ3v) is 3.74. The highest BCUT2D eigenvalue weighted by Gasteiger charge is 2.30. The number of hydrogen-bond donors (Lipinski definition) is 0. The van der Waals surface area contributed by atoms with Gasteiger partial charge >= 0.3 is 0 Å². The summed E-state index contributed by atoms with van der Waals surface area (Å²) in [4.78, 5) is 0. The van der Waals surface area contributed by atoms with E-state index in [0.29, 0.717) is 5.92 Å². The molecule has 0 aromatic rings. The summed E-state index contributed by atoms with van der Waals surface area (Å²) in [7, 11) is 0. The Bertz CT molecular complexity index is 474. The molecule has 1 unspecified atom stereocenters. The quantitative estimate of drug-likeness (QED) is 0.410. The molecule has 1 atom stereocenters. The Kier molecular flexibility index (Phi) is 4.51. The van der Waals surface area contributed by atoms with Gasteiger partial charge in [-0.2, -0.15) is 10.5 Å². The lowest BCUT2D eigenvalue weighted by Gasteiger charge is -2.36. The number of nitriles is 2. The Morgan fingerprint density at radius 3 is 2.50 bits per heavy atom. The van der Waals surface area contributed by atoms with Gasteiger partial charge in [0.2, 0.25) is 0 Å². The summed E-state index contributed by atoms with van der Waals surface area (Å²) in [5, 5.41) is 17.6. The highest BCUT2D eigenvalue weighted by Crippen LogP contribution is 2.41. The first-order valence-electron chi connectivity index (χ1n) is 6.28. The Labute approximate surface area is 110 Å². The van der Waals surface area contributed by atoms with E-state index >= 15 is 0 Å². The fraction of sp³-hybridized carbons (Fsp3) is 0.500. The summed E-state index contributed by atoms with van der Waals surface area (Å²) in [5.74, 6) is 0.389. The van der Waals surface area contributed by atoms with Crippen molar-refractivity contribution in [2.45, 2.75) is 40.5 Å². The van der Waals surface area contributed by atoms with E-state index in [9.17, 15) is 0 Å². The fourth-order valence-corrected chi connectivity index (χ4v) is 2.51. The second-order valence-electron chi connectivity index (χ2n) is 5.59. The SMILES string of the molecule is CC1=CCCC(C)(C)C1/C=C/C(C)=C(C#N)C#N. The van der Waals surface area contributed by atoms with E-state index in [0.717, 1.165) is 12.0 Å². The van der Waals surface area contributed by atoms with E-state index in [4.69, 9.17) is 10.5 Å². The monoisotopic (exact) mass is 240 g/mol. The average molecular weight is 240 g/mol. The van der Waals surface area contributed by atoms with E-state index < -0.39 is 0 Å². The minimum absolute atomic E-state index is 0.196. The molecule has 0 saturated carbocycles. The van der Waals surface area contributed by atoms with Crippen molar-refractivity contribution in [3.05, 3.63) is 34.9 Å². The maximum Gasteiger partial charge on any atom is 0.132 e. The van der Waals surface area contributed by atoms with Crippen LogP contribution in [0.5, 0.6) is 0 Å². The van der Waals surface area contributed by atoms with Gasteiger partial charge in [0.25, 0.3) is 0 Å². The van der Waals surface area contributed by atoms with Gasteiger partial charge in [-0.3, -0.25) is 0 Å². The Hall–Kier alpha value is -1.80. The third kappa shape index (κ3) is 3.11. The molecule has 0 saturated heterocycles. The van der Waals surface area contributed by atoms with Gasteiger partial charge < -0.3 is 0 Å². The number of rotatable bonds is 2. The van der Waals surface area contributed by atoms with Crippen molar-refractivity contribution < 1.29 is 0 Å². The zero-order valence-corrected chi connectivity index (χ0v) is 11.6. The van der Waals surface area contributed by atoms with Crippen LogP contribution in [0.2, 0.25) is 0 Å². The Morgan fingerprint density at radius 1 is 1.39 bits per heavy atom. The topological polar surface area (TPSA) is 47.6 Å². The molecule has 0 N–H and O–H groups in total. The smallest absolute Gasteiger partial charge is 0.132 e. The zero-order valence-electron chi connectivity index (χ0n) is 11.6. The van der Waals surface area contributed by atoms with Gasteiger partial charge in [0, 0.05) is 5.92 Å². The molecule has 0 aromatic carbocycles. The first-order chi connectivity index (χ1) is 8.42.